The van der Waals surface area contributed by atoms with Crippen molar-refractivity contribution in [1.29, 1.82) is 0 Å². The summed E-state index contributed by atoms with van der Waals surface area (Å²) >= 11 is 3.55. The zero-order valence-corrected chi connectivity index (χ0v) is 11.5. The van der Waals surface area contributed by atoms with E-state index >= 15 is 0 Å². The Balaban J connectivity index is 1.78. The third kappa shape index (κ3) is 2.83. The van der Waals surface area contributed by atoms with Crippen LogP contribution in [0.1, 0.15) is 37.3 Å². The van der Waals surface area contributed by atoms with Crippen molar-refractivity contribution >= 4 is 15.9 Å². The molecule has 0 bridgehead atoms. The van der Waals surface area contributed by atoms with Crippen LogP contribution >= 0.6 is 15.9 Å². The van der Waals surface area contributed by atoms with Crippen LogP contribution in [0.2, 0.25) is 0 Å². The van der Waals surface area contributed by atoms with Crippen LogP contribution in [0.15, 0.2) is 22.7 Å². The van der Waals surface area contributed by atoms with Gasteiger partial charge in [-0.15, -0.1) is 0 Å². The van der Waals surface area contributed by atoms with Gasteiger partial charge in [0, 0.05) is 16.1 Å². The Labute approximate surface area is 111 Å². The number of rotatable bonds is 4. The van der Waals surface area contributed by atoms with E-state index in [1.807, 2.05) is 0 Å². The standard InChI is InChI=1S/C14H18BrNO/c15-11-5-6-14(17-9-10-3-4-10)12(8-11)13-2-1-7-16-13/h5-6,8,10,13,16H,1-4,7,9H2. The first-order valence-electron chi connectivity index (χ1n) is 6.48. The minimum Gasteiger partial charge on any atom is -0.493 e. The van der Waals surface area contributed by atoms with Crippen molar-refractivity contribution in [1.82, 2.24) is 5.32 Å². The molecule has 1 heterocycles. The monoisotopic (exact) mass is 295 g/mol. The van der Waals surface area contributed by atoms with Crippen molar-refractivity contribution in [3.63, 3.8) is 0 Å². The Hall–Kier alpha value is -0.540. The van der Waals surface area contributed by atoms with Crippen LogP contribution < -0.4 is 10.1 Å². The summed E-state index contributed by atoms with van der Waals surface area (Å²) in [4.78, 5) is 0. The largest absolute Gasteiger partial charge is 0.493 e. The minimum absolute atomic E-state index is 0.474. The highest BCUT2D eigenvalue weighted by atomic mass is 79.9. The van der Waals surface area contributed by atoms with Gasteiger partial charge in [-0.3, -0.25) is 0 Å². The molecule has 0 amide bonds. The molecule has 1 saturated heterocycles. The molecule has 1 N–H and O–H groups in total. The molecule has 0 radical (unpaired) electrons. The fourth-order valence-corrected chi connectivity index (χ4v) is 2.74. The zero-order valence-electron chi connectivity index (χ0n) is 9.92. The second kappa shape index (κ2) is 4.99. The van der Waals surface area contributed by atoms with E-state index < -0.39 is 0 Å². The number of hydrogen-bond donors (Lipinski definition) is 1. The maximum Gasteiger partial charge on any atom is 0.124 e. The molecule has 17 heavy (non-hydrogen) atoms. The lowest BCUT2D eigenvalue weighted by molar-refractivity contribution is 0.294. The van der Waals surface area contributed by atoms with E-state index in [2.05, 4.69) is 39.4 Å². The molecule has 92 valence electrons. The predicted molar refractivity (Wildman–Crippen MR) is 72.3 cm³/mol. The number of nitrogens with one attached hydrogen (secondary N) is 1. The Bertz CT molecular complexity index is 397. The topological polar surface area (TPSA) is 21.3 Å². The molecular weight excluding hydrogens is 278 g/mol. The number of benzene rings is 1. The summed E-state index contributed by atoms with van der Waals surface area (Å²) in [6, 6.07) is 6.84. The molecule has 1 aliphatic carbocycles. The molecule has 3 heteroatoms. The van der Waals surface area contributed by atoms with Crippen LogP contribution in [0, 0.1) is 5.92 Å². The van der Waals surface area contributed by atoms with Crippen LogP contribution in [-0.2, 0) is 0 Å². The van der Waals surface area contributed by atoms with Crippen molar-refractivity contribution in [3.05, 3.63) is 28.2 Å². The highest BCUT2D eigenvalue weighted by Gasteiger charge is 2.24. The normalized spacial score (nSPS) is 23.9. The Morgan fingerprint density at radius 3 is 2.88 bits per heavy atom. The lowest BCUT2D eigenvalue weighted by atomic mass is 10.0. The van der Waals surface area contributed by atoms with Gasteiger partial charge >= 0.3 is 0 Å². The van der Waals surface area contributed by atoms with Crippen molar-refractivity contribution in [2.45, 2.75) is 31.7 Å². The molecule has 1 aromatic carbocycles. The van der Waals surface area contributed by atoms with E-state index in [1.54, 1.807) is 0 Å². The summed E-state index contributed by atoms with van der Waals surface area (Å²) in [5.74, 6) is 1.88. The van der Waals surface area contributed by atoms with Gasteiger partial charge in [-0.05, 0) is 56.3 Å². The van der Waals surface area contributed by atoms with E-state index in [0.717, 1.165) is 29.3 Å². The summed E-state index contributed by atoms with van der Waals surface area (Å²) in [5.41, 5.74) is 1.32. The number of hydrogen-bond acceptors (Lipinski definition) is 2. The van der Waals surface area contributed by atoms with Gasteiger partial charge in [-0.1, -0.05) is 15.9 Å². The van der Waals surface area contributed by atoms with Gasteiger partial charge in [0.25, 0.3) is 0 Å². The van der Waals surface area contributed by atoms with Gasteiger partial charge in [-0.25, -0.2) is 0 Å². The van der Waals surface area contributed by atoms with Gasteiger partial charge in [0.05, 0.1) is 6.61 Å². The van der Waals surface area contributed by atoms with Gasteiger partial charge in [0.15, 0.2) is 0 Å². The molecular formula is C14H18BrNO. The van der Waals surface area contributed by atoms with Crippen LogP contribution in [0.25, 0.3) is 0 Å². The molecule has 1 atom stereocenters. The Kier molecular flexibility index (Phi) is 3.39. The smallest absolute Gasteiger partial charge is 0.124 e. The molecule has 1 saturated carbocycles. The van der Waals surface area contributed by atoms with Crippen LogP contribution in [0.4, 0.5) is 0 Å². The lowest BCUT2D eigenvalue weighted by Crippen LogP contribution is -2.14. The van der Waals surface area contributed by atoms with E-state index in [0.29, 0.717) is 6.04 Å². The van der Waals surface area contributed by atoms with Crippen molar-refractivity contribution in [2.24, 2.45) is 5.92 Å². The summed E-state index contributed by atoms with van der Waals surface area (Å²) in [6.45, 7) is 2.01. The first-order chi connectivity index (χ1) is 8.33. The van der Waals surface area contributed by atoms with Crippen LogP contribution in [-0.4, -0.2) is 13.2 Å². The highest BCUT2D eigenvalue weighted by molar-refractivity contribution is 9.10. The van der Waals surface area contributed by atoms with Gasteiger partial charge in [0.2, 0.25) is 0 Å². The summed E-state index contributed by atoms with van der Waals surface area (Å²) in [6.07, 6.45) is 5.16. The zero-order chi connectivity index (χ0) is 11.7. The molecule has 1 aromatic rings. The Morgan fingerprint density at radius 2 is 2.18 bits per heavy atom. The molecule has 2 aliphatic rings. The van der Waals surface area contributed by atoms with E-state index in [4.69, 9.17) is 4.74 Å². The van der Waals surface area contributed by atoms with Gasteiger partial charge in [-0.2, -0.15) is 0 Å². The SMILES string of the molecule is Brc1ccc(OCC2CC2)c(C2CCCN2)c1. The molecule has 0 spiro atoms. The fraction of sp³-hybridized carbons (Fsp3) is 0.571. The van der Waals surface area contributed by atoms with Gasteiger partial charge < -0.3 is 10.1 Å². The van der Waals surface area contributed by atoms with E-state index in [1.165, 1.54) is 31.2 Å². The predicted octanol–water partition coefficient (Wildman–Crippen LogP) is 3.66. The molecule has 2 fully saturated rings. The maximum absolute atomic E-state index is 5.97. The Morgan fingerprint density at radius 1 is 1.29 bits per heavy atom. The highest BCUT2D eigenvalue weighted by Crippen LogP contribution is 2.35. The van der Waals surface area contributed by atoms with Crippen molar-refractivity contribution in [3.8, 4) is 5.75 Å². The molecule has 0 aromatic heterocycles. The van der Waals surface area contributed by atoms with E-state index in [9.17, 15) is 0 Å². The van der Waals surface area contributed by atoms with Crippen LogP contribution in [0.3, 0.4) is 0 Å². The summed E-state index contributed by atoms with van der Waals surface area (Å²) < 4.78 is 7.11. The van der Waals surface area contributed by atoms with Gasteiger partial charge in [0.1, 0.15) is 5.75 Å². The first-order valence-corrected chi connectivity index (χ1v) is 7.28. The third-order valence-corrected chi connectivity index (χ3v) is 4.07. The molecule has 2 nitrogen and oxygen atoms in total. The molecule has 3 rings (SSSR count). The van der Waals surface area contributed by atoms with E-state index in [-0.39, 0.29) is 0 Å². The second-order valence-corrected chi connectivity index (χ2v) is 6.00. The fourth-order valence-electron chi connectivity index (χ4n) is 2.37. The lowest BCUT2D eigenvalue weighted by Gasteiger charge is -2.17. The van der Waals surface area contributed by atoms with Crippen molar-refractivity contribution in [2.75, 3.05) is 13.2 Å². The van der Waals surface area contributed by atoms with Crippen molar-refractivity contribution < 1.29 is 4.74 Å². The summed E-state index contributed by atoms with van der Waals surface area (Å²) in [7, 11) is 0. The second-order valence-electron chi connectivity index (χ2n) is 5.09. The maximum atomic E-state index is 5.97. The third-order valence-electron chi connectivity index (χ3n) is 3.58. The number of halogens is 1. The quantitative estimate of drug-likeness (QED) is 0.915. The summed E-state index contributed by atoms with van der Waals surface area (Å²) in [5, 5.41) is 3.54. The first kappa shape index (κ1) is 11.5. The minimum atomic E-state index is 0.474. The molecule has 1 aliphatic heterocycles. The molecule has 1 unspecified atom stereocenters. The average Bonchev–Trinajstić information content (AvgIpc) is 3.00. The number of ether oxygens (including phenoxy) is 1. The van der Waals surface area contributed by atoms with Crippen LogP contribution in [0.5, 0.6) is 5.75 Å². The average molecular weight is 296 g/mol.